The van der Waals surface area contributed by atoms with Gasteiger partial charge in [-0.2, -0.15) is 5.10 Å². The second-order valence-corrected chi connectivity index (χ2v) is 5.24. The van der Waals surface area contributed by atoms with E-state index in [-0.39, 0.29) is 18.4 Å². The average molecular weight is 383 g/mol. The molecule has 0 atom stereocenters. The van der Waals surface area contributed by atoms with Gasteiger partial charge in [0.2, 0.25) is 5.96 Å². The van der Waals surface area contributed by atoms with Crippen LogP contribution < -0.4 is 20.6 Å². The molecule has 2 aromatic rings. The van der Waals surface area contributed by atoms with Gasteiger partial charge in [0.15, 0.2) is 0 Å². The van der Waals surface area contributed by atoms with E-state index in [0.29, 0.717) is 24.0 Å². The molecule has 0 radical (unpaired) electrons. The van der Waals surface area contributed by atoms with Gasteiger partial charge in [0.25, 0.3) is 0 Å². The summed E-state index contributed by atoms with van der Waals surface area (Å²) in [5.74, 6) is 1.22. The van der Waals surface area contributed by atoms with Crippen molar-refractivity contribution in [2.75, 3.05) is 13.2 Å². The van der Waals surface area contributed by atoms with Crippen molar-refractivity contribution in [2.45, 2.75) is 6.42 Å². The first kappa shape index (κ1) is 20.6. The molecule has 2 rings (SSSR count). The molecule has 0 unspecified atom stereocenters. The lowest BCUT2D eigenvalue weighted by atomic mass is 10.2. The van der Waals surface area contributed by atoms with Crippen LogP contribution in [0.2, 0.25) is 5.02 Å². The van der Waals surface area contributed by atoms with Gasteiger partial charge in [-0.25, -0.2) is 5.43 Å². The molecule has 0 aliphatic rings. The molecule has 0 amide bonds. The molecule has 2 aromatic carbocycles. The van der Waals surface area contributed by atoms with Crippen LogP contribution in [0.4, 0.5) is 0 Å². The predicted molar refractivity (Wildman–Crippen MR) is 103 cm³/mol. The number of hydrogen-bond acceptors (Lipinski definition) is 4. The number of rotatable bonds is 8. The third kappa shape index (κ3) is 7.78. The standard InChI is InChI=1S/C17H19ClN4O2.ClH/c18-15-11-13(12-21-22-17(19)20)7-8-16(15)24-10-4-9-23-14-5-2-1-3-6-14;/h1-3,5-8,11-12H,4,9-10H2,(H4,19,20,22);1H. The second-order valence-electron chi connectivity index (χ2n) is 4.84. The lowest BCUT2D eigenvalue weighted by molar-refractivity contribution is 0.247. The van der Waals surface area contributed by atoms with E-state index in [9.17, 15) is 0 Å². The number of guanidine groups is 1. The fourth-order valence-corrected chi connectivity index (χ4v) is 2.08. The number of ether oxygens (including phenoxy) is 2. The van der Waals surface area contributed by atoms with E-state index in [4.69, 9.17) is 32.2 Å². The molecule has 0 bridgehead atoms. The number of halogens is 2. The molecule has 0 fully saturated rings. The molecule has 134 valence electrons. The Kier molecular flexibility index (Phi) is 9.21. The summed E-state index contributed by atoms with van der Waals surface area (Å²) in [6, 6.07) is 15.0. The Hall–Kier alpha value is -2.44. The van der Waals surface area contributed by atoms with Crippen LogP contribution in [0.3, 0.4) is 0 Å². The van der Waals surface area contributed by atoms with E-state index in [2.05, 4.69) is 10.5 Å². The Morgan fingerprint density at radius 3 is 2.56 bits per heavy atom. The maximum absolute atomic E-state index is 7.00. The zero-order chi connectivity index (χ0) is 17.2. The first-order valence-corrected chi connectivity index (χ1v) is 7.76. The molecule has 8 heteroatoms. The van der Waals surface area contributed by atoms with Gasteiger partial charge < -0.3 is 15.2 Å². The van der Waals surface area contributed by atoms with E-state index in [1.54, 1.807) is 12.1 Å². The Bertz CT molecular complexity index is 696. The van der Waals surface area contributed by atoms with Crippen LogP contribution in [-0.2, 0) is 0 Å². The fraction of sp³-hybridized carbons (Fsp3) is 0.176. The molecule has 0 heterocycles. The molecule has 0 aromatic heterocycles. The maximum atomic E-state index is 7.00. The Morgan fingerprint density at radius 1 is 1.16 bits per heavy atom. The summed E-state index contributed by atoms with van der Waals surface area (Å²) in [4.78, 5) is 0. The number of nitrogens with two attached hydrogens (primary N) is 1. The Morgan fingerprint density at radius 2 is 1.88 bits per heavy atom. The van der Waals surface area contributed by atoms with Crippen LogP contribution in [-0.4, -0.2) is 25.4 Å². The monoisotopic (exact) mass is 382 g/mol. The zero-order valence-corrected chi connectivity index (χ0v) is 15.0. The van der Waals surface area contributed by atoms with Gasteiger partial charge in [-0.1, -0.05) is 29.8 Å². The van der Waals surface area contributed by atoms with E-state index in [1.807, 2.05) is 36.4 Å². The molecular formula is C17H20Cl2N4O2. The number of hydrogen-bond donors (Lipinski definition) is 3. The van der Waals surface area contributed by atoms with E-state index in [0.717, 1.165) is 17.7 Å². The maximum Gasteiger partial charge on any atom is 0.206 e. The SMILES string of the molecule is Cl.N=C(N)NN=Cc1ccc(OCCCOc2ccccc2)c(Cl)c1. The number of benzene rings is 2. The molecule has 25 heavy (non-hydrogen) atoms. The second kappa shape index (κ2) is 11.2. The van der Waals surface area contributed by atoms with Crippen molar-refractivity contribution in [3.05, 3.63) is 59.1 Å². The van der Waals surface area contributed by atoms with Crippen LogP contribution in [0.25, 0.3) is 0 Å². The van der Waals surface area contributed by atoms with Crippen molar-refractivity contribution < 1.29 is 9.47 Å². The molecular weight excluding hydrogens is 363 g/mol. The number of hydrazone groups is 1. The molecule has 4 N–H and O–H groups in total. The average Bonchev–Trinajstić information content (AvgIpc) is 2.57. The molecule has 0 saturated carbocycles. The summed E-state index contributed by atoms with van der Waals surface area (Å²) in [6.07, 6.45) is 2.27. The zero-order valence-electron chi connectivity index (χ0n) is 13.4. The van der Waals surface area contributed by atoms with Crippen LogP contribution in [0.1, 0.15) is 12.0 Å². The van der Waals surface area contributed by atoms with E-state index >= 15 is 0 Å². The fourth-order valence-electron chi connectivity index (χ4n) is 1.84. The minimum atomic E-state index is -0.227. The van der Waals surface area contributed by atoms with Gasteiger partial charge in [0, 0.05) is 6.42 Å². The summed E-state index contributed by atoms with van der Waals surface area (Å²) < 4.78 is 11.2. The highest BCUT2D eigenvalue weighted by atomic mass is 35.5. The molecule has 0 aliphatic heterocycles. The minimum Gasteiger partial charge on any atom is -0.493 e. The summed E-state index contributed by atoms with van der Waals surface area (Å²) in [5, 5.41) is 11.3. The topological polar surface area (TPSA) is 92.7 Å². The third-order valence-electron chi connectivity index (χ3n) is 2.91. The van der Waals surface area contributed by atoms with Gasteiger partial charge >= 0.3 is 0 Å². The Labute approximate surface area is 157 Å². The highest BCUT2D eigenvalue weighted by Gasteiger charge is 2.02. The lowest BCUT2D eigenvalue weighted by Crippen LogP contribution is -2.25. The molecule has 0 aliphatic carbocycles. The van der Waals surface area contributed by atoms with Crippen molar-refractivity contribution in [3.8, 4) is 11.5 Å². The van der Waals surface area contributed by atoms with Gasteiger partial charge in [0.05, 0.1) is 24.5 Å². The highest BCUT2D eigenvalue weighted by Crippen LogP contribution is 2.25. The smallest absolute Gasteiger partial charge is 0.206 e. The largest absolute Gasteiger partial charge is 0.493 e. The van der Waals surface area contributed by atoms with E-state index in [1.165, 1.54) is 6.21 Å². The summed E-state index contributed by atoms with van der Waals surface area (Å²) in [7, 11) is 0. The summed E-state index contributed by atoms with van der Waals surface area (Å²) in [6.45, 7) is 1.08. The van der Waals surface area contributed by atoms with Gasteiger partial charge in [0.1, 0.15) is 11.5 Å². The van der Waals surface area contributed by atoms with Crippen molar-refractivity contribution >= 4 is 36.2 Å². The van der Waals surface area contributed by atoms with Crippen molar-refractivity contribution in [2.24, 2.45) is 10.8 Å². The molecule has 0 spiro atoms. The molecule has 6 nitrogen and oxygen atoms in total. The van der Waals surface area contributed by atoms with Crippen molar-refractivity contribution in [3.63, 3.8) is 0 Å². The number of nitrogens with zero attached hydrogens (tertiary/aromatic N) is 1. The van der Waals surface area contributed by atoms with Crippen LogP contribution in [0.15, 0.2) is 53.6 Å². The van der Waals surface area contributed by atoms with Crippen LogP contribution in [0.5, 0.6) is 11.5 Å². The number of nitrogens with one attached hydrogen (secondary N) is 2. The van der Waals surface area contributed by atoms with Crippen molar-refractivity contribution in [1.82, 2.24) is 5.43 Å². The Balaban J connectivity index is 0.00000312. The minimum absolute atomic E-state index is 0. The van der Waals surface area contributed by atoms with E-state index < -0.39 is 0 Å². The summed E-state index contributed by atoms with van der Waals surface area (Å²) in [5.41, 5.74) is 8.23. The summed E-state index contributed by atoms with van der Waals surface area (Å²) >= 11 is 6.17. The van der Waals surface area contributed by atoms with Gasteiger partial charge in [-0.05, 0) is 35.9 Å². The van der Waals surface area contributed by atoms with Crippen molar-refractivity contribution in [1.29, 1.82) is 5.41 Å². The predicted octanol–water partition coefficient (Wildman–Crippen LogP) is 3.43. The third-order valence-corrected chi connectivity index (χ3v) is 3.21. The quantitative estimate of drug-likeness (QED) is 0.282. The van der Waals surface area contributed by atoms with Crippen LogP contribution in [0, 0.1) is 5.41 Å². The van der Waals surface area contributed by atoms with Crippen LogP contribution >= 0.6 is 24.0 Å². The molecule has 0 saturated heterocycles. The normalized spacial score (nSPS) is 10.1. The first-order valence-electron chi connectivity index (χ1n) is 7.38. The lowest BCUT2D eigenvalue weighted by Gasteiger charge is -2.09. The highest BCUT2D eigenvalue weighted by molar-refractivity contribution is 6.32. The van der Waals surface area contributed by atoms with Gasteiger partial charge in [-0.15, -0.1) is 12.4 Å². The van der Waals surface area contributed by atoms with Gasteiger partial charge in [-0.3, -0.25) is 5.41 Å². The number of para-hydroxylation sites is 1. The first-order chi connectivity index (χ1) is 11.6.